The molecule has 2 rings (SSSR count). The van der Waals surface area contributed by atoms with Crippen molar-refractivity contribution in [3.63, 3.8) is 0 Å². The number of nitrogens with zero attached hydrogens (tertiary/aromatic N) is 1. The summed E-state index contributed by atoms with van der Waals surface area (Å²) in [4.78, 5) is 17.3. The van der Waals surface area contributed by atoms with Crippen LogP contribution in [0.25, 0.3) is 11.4 Å². The molecule has 1 aromatic carbocycles. The van der Waals surface area contributed by atoms with Gasteiger partial charge < -0.3 is 4.98 Å². The molecule has 0 aliphatic rings. The Kier molecular flexibility index (Phi) is 2.64. The number of hydrogen-bond acceptors (Lipinski definition) is 2. The molecule has 15 heavy (non-hydrogen) atoms. The van der Waals surface area contributed by atoms with E-state index >= 15 is 0 Å². The van der Waals surface area contributed by atoms with Gasteiger partial charge in [-0.3, -0.25) is 4.79 Å². The first-order valence-electron chi connectivity index (χ1n) is 4.16. The molecule has 5 heteroatoms. The van der Waals surface area contributed by atoms with Crippen molar-refractivity contribution in [2.24, 2.45) is 0 Å². The summed E-state index contributed by atoms with van der Waals surface area (Å²) in [5.41, 5.74) is 1.10. The molecular formula is C10H6BrFN2O. The Balaban J connectivity index is 2.49. The minimum absolute atomic E-state index is 0.326. The van der Waals surface area contributed by atoms with Crippen molar-refractivity contribution >= 4 is 22.2 Å². The lowest BCUT2D eigenvalue weighted by Gasteiger charge is -2.00. The van der Waals surface area contributed by atoms with Gasteiger partial charge in [0.1, 0.15) is 11.6 Å². The maximum absolute atomic E-state index is 12.8. The molecule has 0 spiro atoms. The Labute approximate surface area is 93.5 Å². The summed E-state index contributed by atoms with van der Waals surface area (Å²) in [6.45, 7) is 0. The standard InChI is InChI=1S/C10H6BrFN2O/c11-9-3-6(12)1-2-8(9)10-13-4-7(5-15)14-10/h1-5H,(H,13,14). The largest absolute Gasteiger partial charge is 0.336 e. The Morgan fingerprint density at radius 1 is 1.47 bits per heavy atom. The zero-order valence-corrected chi connectivity index (χ0v) is 9.08. The predicted octanol–water partition coefficient (Wildman–Crippen LogP) is 2.79. The van der Waals surface area contributed by atoms with Gasteiger partial charge in [-0.15, -0.1) is 0 Å². The molecular weight excluding hydrogens is 263 g/mol. The first-order chi connectivity index (χ1) is 7.20. The SMILES string of the molecule is O=Cc1cnc(-c2ccc(F)cc2Br)[nH]1. The Bertz CT molecular complexity index is 510. The van der Waals surface area contributed by atoms with Crippen LogP contribution in [-0.2, 0) is 0 Å². The van der Waals surface area contributed by atoms with E-state index in [-0.39, 0.29) is 5.82 Å². The average Bonchev–Trinajstić information content (AvgIpc) is 2.66. The maximum Gasteiger partial charge on any atom is 0.167 e. The van der Waals surface area contributed by atoms with Crippen LogP contribution in [0.15, 0.2) is 28.9 Å². The first-order valence-corrected chi connectivity index (χ1v) is 4.95. The smallest absolute Gasteiger partial charge is 0.167 e. The highest BCUT2D eigenvalue weighted by molar-refractivity contribution is 9.10. The van der Waals surface area contributed by atoms with Crippen molar-refractivity contribution in [3.05, 3.63) is 40.4 Å². The van der Waals surface area contributed by atoms with Crippen LogP contribution in [-0.4, -0.2) is 16.3 Å². The zero-order valence-electron chi connectivity index (χ0n) is 7.50. The number of carbonyl (C=O) groups excluding carboxylic acids is 1. The predicted molar refractivity (Wildman–Crippen MR) is 57.1 cm³/mol. The van der Waals surface area contributed by atoms with Crippen molar-refractivity contribution in [1.82, 2.24) is 9.97 Å². The van der Waals surface area contributed by atoms with Gasteiger partial charge in [-0.2, -0.15) is 0 Å². The van der Waals surface area contributed by atoms with Crippen LogP contribution in [0, 0.1) is 5.82 Å². The van der Waals surface area contributed by atoms with E-state index in [0.29, 0.717) is 27.8 Å². The van der Waals surface area contributed by atoms with Gasteiger partial charge in [0.15, 0.2) is 6.29 Å². The summed E-state index contributed by atoms with van der Waals surface area (Å²) >= 11 is 3.23. The molecule has 0 amide bonds. The molecule has 0 fully saturated rings. The van der Waals surface area contributed by atoms with Crippen molar-refractivity contribution in [1.29, 1.82) is 0 Å². The number of rotatable bonds is 2. The second-order valence-electron chi connectivity index (χ2n) is 2.93. The maximum atomic E-state index is 12.8. The minimum Gasteiger partial charge on any atom is -0.336 e. The number of H-pyrrole nitrogens is 1. The number of carbonyl (C=O) groups is 1. The fourth-order valence-electron chi connectivity index (χ4n) is 1.21. The zero-order chi connectivity index (χ0) is 10.8. The molecule has 0 radical (unpaired) electrons. The third kappa shape index (κ3) is 1.97. The van der Waals surface area contributed by atoms with Gasteiger partial charge in [0.25, 0.3) is 0 Å². The van der Waals surface area contributed by atoms with Crippen molar-refractivity contribution < 1.29 is 9.18 Å². The van der Waals surface area contributed by atoms with Crippen LogP contribution in [0.1, 0.15) is 10.5 Å². The fourth-order valence-corrected chi connectivity index (χ4v) is 1.75. The van der Waals surface area contributed by atoms with E-state index in [4.69, 9.17) is 0 Å². The number of nitrogens with one attached hydrogen (secondary N) is 1. The van der Waals surface area contributed by atoms with Gasteiger partial charge in [-0.05, 0) is 34.1 Å². The van der Waals surface area contributed by atoms with Crippen LogP contribution < -0.4 is 0 Å². The van der Waals surface area contributed by atoms with Gasteiger partial charge in [0, 0.05) is 10.0 Å². The number of hydrogen-bond donors (Lipinski definition) is 1. The summed E-state index contributed by atoms with van der Waals surface area (Å²) in [6, 6.07) is 4.27. The Morgan fingerprint density at radius 2 is 2.27 bits per heavy atom. The lowest BCUT2D eigenvalue weighted by molar-refractivity contribution is 0.111. The van der Waals surface area contributed by atoms with E-state index in [1.54, 1.807) is 6.07 Å². The number of benzene rings is 1. The van der Waals surface area contributed by atoms with E-state index in [1.807, 2.05) is 0 Å². The molecule has 1 heterocycles. The highest BCUT2D eigenvalue weighted by Crippen LogP contribution is 2.26. The normalized spacial score (nSPS) is 10.3. The van der Waals surface area contributed by atoms with E-state index in [1.165, 1.54) is 18.3 Å². The summed E-state index contributed by atoms with van der Waals surface area (Å²) in [5.74, 6) is 0.205. The van der Waals surface area contributed by atoms with Crippen molar-refractivity contribution in [3.8, 4) is 11.4 Å². The van der Waals surface area contributed by atoms with E-state index < -0.39 is 0 Å². The van der Waals surface area contributed by atoms with Gasteiger partial charge in [0.2, 0.25) is 0 Å². The molecule has 0 aliphatic heterocycles. The third-order valence-electron chi connectivity index (χ3n) is 1.91. The summed E-state index contributed by atoms with van der Waals surface area (Å²) in [5, 5.41) is 0. The molecule has 3 nitrogen and oxygen atoms in total. The van der Waals surface area contributed by atoms with Crippen LogP contribution in [0.5, 0.6) is 0 Å². The topological polar surface area (TPSA) is 45.8 Å². The second kappa shape index (κ2) is 3.94. The van der Waals surface area contributed by atoms with Crippen molar-refractivity contribution in [2.75, 3.05) is 0 Å². The number of aromatic nitrogens is 2. The number of imidazole rings is 1. The molecule has 0 unspecified atom stereocenters. The van der Waals surface area contributed by atoms with Crippen LogP contribution in [0.3, 0.4) is 0 Å². The van der Waals surface area contributed by atoms with Crippen molar-refractivity contribution in [2.45, 2.75) is 0 Å². The van der Waals surface area contributed by atoms with E-state index in [9.17, 15) is 9.18 Å². The highest BCUT2D eigenvalue weighted by Gasteiger charge is 2.07. The number of aldehydes is 1. The fraction of sp³-hybridized carbons (Fsp3) is 0. The highest BCUT2D eigenvalue weighted by atomic mass is 79.9. The quantitative estimate of drug-likeness (QED) is 0.852. The Morgan fingerprint density at radius 3 is 2.87 bits per heavy atom. The molecule has 0 aliphatic carbocycles. The van der Waals surface area contributed by atoms with Crippen LogP contribution >= 0.6 is 15.9 Å². The molecule has 1 N–H and O–H groups in total. The molecule has 1 aromatic heterocycles. The minimum atomic E-state index is -0.326. The molecule has 0 saturated carbocycles. The summed E-state index contributed by atoms with van der Waals surface area (Å²) in [7, 11) is 0. The molecule has 0 saturated heterocycles. The van der Waals surface area contributed by atoms with Gasteiger partial charge in [-0.25, -0.2) is 9.37 Å². The second-order valence-corrected chi connectivity index (χ2v) is 3.78. The first kappa shape index (κ1) is 10.0. The van der Waals surface area contributed by atoms with Gasteiger partial charge in [0.05, 0.1) is 11.9 Å². The monoisotopic (exact) mass is 268 g/mol. The molecule has 2 aromatic rings. The van der Waals surface area contributed by atoms with Gasteiger partial charge in [-0.1, -0.05) is 0 Å². The van der Waals surface area contributed by atoms with Gasteiger partial charge >= 0.3 is 0 Å². The average molecular weight is 269 g/mol. The van der Waals surface area contributed by atoms with Crippen LogP contribution in [0.4, 0.5) is 4.39 Å². The molecule has 76 valence electrons. The third-order valence-corrected chi connectivity index (χ3v) is 2.56. The molecule has 0 atom stereocenters. The lowest BCUT2D eigenvalue weighted by Crippen LogP contribution is -1.85. The van der Waals surface area contributed by atoms with E-state index in [0.717, 1.165) is 0 Å². The van der Waals surface area contributed by atoms with Crippen LogP contribution in [0.2, 0.25) is 0 Å². The molecule has 0 bridgehead atoms. The number of aromatic amines is 1. The summed E-state index contributed by atoms with van der Waals surface area (Å²) < 4.78 is 13.4. The Hall–Kier alpha value is -1.49. The lowest BCUT2D eigenvalue weighted by atomic mass is 10.2. The summed E-state index contributed by atoms with van der Waals surface area (Å²) in [6.07, 6.45) is 2.10. The number of halogens is 2. The van der Waals surface area contributed by atoms with E-state index in [2.05, 4.69) is 25.9 Å².